The summed E-state index contributed by atoms with van der Waals surface area (Å²) in [6.45, 7) is 0. The third-order valence-electron chi connectivity index (χ3n) is 4.11. The number of aromatic nitrogens is 5. The van der Waals surface area contributed by atoms with Crippen LogP contribution in [0.3, 0.4) is 0 Å². The van der Waals surface area contributed by atoms with Gasteiger partial charge >= 0.3 is 0 Å². The number of nitrogens with one attached hydrogen (secondary N) is 2. The number of nitro benzene ring substituents is 1. The predicted molar refractivity (Wildman–Crippen MR) is 93.1 cm³/mol. The molecule has 0 saturated carbocycles. The average molecular weight is 355 g/mol. The lowest BCUT2D eigenvalue weighted by atomic mass is 10.2. The Morgan fingerprint density at radius 3 is 2.96 bits per heavy atom. The fraction of sp³-hybridized carbons (Fsp3) is 0.200. The van der Waals surface area contributed by atoms with Gasteiger partial charge in [0.05, 0.1) is 16.7 Å². The first-order valence-electron chi connectivity index (χ1n) is 7.67. The van der Waals surface area contributed by atoms with Crippen LogP contribution in [0.15, 0.2) is 29.4 Å². The van der Waals surface area contributed by atoms with Crippen LogP contribution in [0.1, 0.15) is 23.2 Å². The van der Waals surface area contributed by atoms with Crippen molar-refractivity contribution in [2.45, 2.75) is 19.3 Å². The Kier molecular flexibility index (Phi) is 3.73. The molecule has 9 nitrogen and oxygen atoms in total. The van der Waals surface area contributed by atoms with Gasteiger partial charge in [-0.2, -0.15) is 20.0 Å². The van der Waals surface area contributed by atoms with Gasteiger partial charge in [-0.05, 0) is 37.5 Å². The molecule has 1 aromatic carbocycles. The summed E-state index contributed by atoms with van der Waals surface area (Å²) in [5, 5.41) is 29.7. The normalized spacial score (nSPS) is 13.4. The van der Waals surface area contributed by atoms with Gasteiger partial charge in [0, 0.05) is 17.3 Å². The highest BCUT2D eigenvalue weighted by molar-refractivity contribution is 7.71. The van der Waals surface area contributed by atoms with E-state index in [1.54, 1.807) is 18.2 Å². The number of rotatable bonds is 4. The standard InChI is InChI=1S/C15H13N7O2S/c23-22(24)12-7-2-1-4-9(12)8-16-21-14(19-20-15(21)25)13-10-5-3-6-11(10)17-18-13/h1-2,4,7-8H,3,5-6H2,(H,17,18)(H,20,25). The van der Waals surface area contributed by atoms with E-state index in [2.05, 4.69) is 25.5 Å². The smallest absolute Gasteiger partial charge is 0.278 e. The van der Waals surface area contributed by atoms with E-state index in [9.17, 15) is 10.1 Å². The number of hydrogen-bond donors (Lipinski definition) is 2. The molecular formula is C15H13N7O2S. The predicted octanol–water partition coefficient (Wildman–Crippen LogP) is 2.61. The Morgan fingerprint density at radius 1 is 1.28 bits per heavy atom. The zero-order valence-electron chi connectivity index (χ0n) is 13.0. The molecule has 0 unspecified atom stereocenters. The van der Waals surface area contributed by atoms with Crippen LogP contribution in [0.4, 0.5) is 5.69 Å². The Morgan fingerprint density at radius 2 is 2.12 bits per heavy atom. The van der Waals surface area contributed by atoms with Gasteiger partial charge in [-0.15, -0.1) is 0 Å². The molecular weight excluding hydrogens is 342 g/mol. The maximum atomic E-state index is 11.1. The van der Waals surface area contributed by atoms with Crippen molar-refractivity contribution in [3.8, 4) is 11.5 Å². The van der Waals surface area contributed by atoms with Crippen molar-refractivity contribution in [3.05, 3.63) is 56.0 Å². The number of nitrogens with zero attached hydrogens (tertiary/aromatic N) is 5. The van der Waals surface area contributed by atoms with Crippen molar-refractivity contribution in [1.82, 2.24) is 25.1 Å². The molecule has 0 atom stereocenters. The Bertz CT molecular complexity index is 1050. The number of H-pyrrole nitrogens is 2. The highest BCUT2D eigenvalue weighted by Crippen LogP contribution is 2.29. The van der Waals surface area contributed by atoms with Crippen LogP contribution in [-0.4, -0.2) is 36.2 Å². The second-order valence-corrected chi connectivity index (χ2v) is 5.99. The summed E-state index contributed by atoms with van der Waals surface area (Å²) in [5.41, 5.74) is 3.30. The van der Waals surface area contributed by atoms with Crippen molar-refractivity contribution in [3.63, 3.8) is 0 Å². The van der Waals surface area contributed by atoms with Crippen molar-refractivity contribution in [1.29, 1.82) is 0 Å². The third-order valence-corrected chi connectivity index (χ3v) is 4.38. The van der Waals surface area contributed by atoms with Gasteiger partial charge in [0.25, 0.3) is 5.69 Å². The lowest BCUT2D eigenvalue weighted by Gasteiger charge is -2.00. The van der Waals surface area contributed by atoms with Gasteiger partial charge < -0.3 is 0 Å². The molecule has 25 heavy (non-hydrogen) atoms. The van der Waals surface area contributed by atoms with Crippen molar-refractivity contribution >= 4 is 24.1 Å². The van der Waals surface area contributed by atoms with E-state index in [0.29, 0.717) is 21.9 Å². The number of nitro groups is 1. The number of hydrogen-bond acceptors (Lipinski definition) is 6. The molecule has 0 bridgehead atoms. The van der Waals surface area contributed by atoms with Gasteiger partial charge in [0.15, 0.2) is 0 Å². The molecule has 3 aromatic rings. The number of benzene rings is 1. The highest BCUT2D eigenvalue weighted by Gasteiger charge is 2.23. The minimum Gasteiger partial charge on any atom is -0.282 e. The van der Waals surface area contributed by atoms with E-state index in [0.717, 1.165) is 30.5 Å². The fourth-order valence-corrected chi connectivity index (χ4v) is 3.12. The fourth-order valence-electron chi connectivity index (χ4n) is 2.94. The molecule has 2 heterocycles. The van der Waals surface area contributed by atoms with Crippen LogP contribution in [-0.2, 0) is 12.8 Å². The van der Waals surface area contributed by atoms with E-state index in [1.165, 1.54) is 17.0 Å². The number of aryl methyl sites for hydroxylation is 1. The molecule has 2 N–H and O–H groups in total. The minimum atomic E-state index is -0.447. The zero-order valence-corrected chi connectivity index (χ0v) is 13.8. The Hall–Kier alpha value is -3.14. The maximum Gasteiger partial charge on any atom is 0.278 e. The summed E-state index contributed by atoms with van der Waals surface area (Å²) >= 11 is 5.23. The zero-order chi connectivity index (χ0) is 17.4. The summed E-state index contributed by atoms with van der Waals surface area (Å²) < 4.78 is 1.72. The first kappa shape index (κ1) is 15.4. The maximum absolute atomic E-state index is 11.1. The molecule has 0 radical (unpaired) electrons. The molecule has 0 aliphatic heterocycles. The van der Waals surface area contributed by atoms with E-state index < -0.39 is 4.92 Å². The molecule has 0 fully saturated rings. The summed E-state index contributed by atoms with van der Waals surface area (Å²) in [4.78, 5) is 10.7. The molecule has 4 rings (SSSR count). The number of aromatic amines is 2. The van der Waals surface area contributed by atoms with Crippen LogP contribution in [0.2, 0.25) is 0 Å². The Labute approximate surface area is 146 Å². The van der Waals surface area contributed by atoms with Gasteiger partial charge in [0.2, 0.25) is 10.6 Å². The van der Waals surface area contributed by atoms with Gasteiger partial charge in [-0.25, -0.2) is 5.10 Å². The van der Waals surface area contributed by atoms with Crippen molar-refractivity contribution in [2.24, 2.45) is 5.10 Å². The van der Waals surface area contributed by atoms with Crippen LogP contribution in [0.25, 0.3) is 11.5 Å². The molecule has 2 aromatic heterocycles. The minimum absolute atomic E-state index is 0.0246. The molecule has 1 aliphatic carbocycles. The Balaban J connectivity index is 1.77. The van der Waals surface area contributed by atoms with Gasteiger partial charge in [-0.1, -0.05) is 12.1 Å². The summed E-state index contributed by atoms with van der Waals surface area (Å²) in [6.07, 6.45) is 4.36. The molecule has 10 heteroatoms. The second kappa shape index (κ2) is 6.06. The van der Waals surface area contributed by atoms with Gasteiger partial charge in [0.1, 0.15) is 5.69 Å². The SMILES string of the molecule is O=[N+]([O-])c1ccccc1C=Nn1c(-c2n[nH]c3c2CCC3)n[nH]c1=S. The third kappa shape index (κ3) is 2.66. The van der Waals surface area contributed by atoms with Crippen LogP contribution in [0.5, 0.6) is 0 Å². The number of para-hydroxylation sites is 1. The molecule has 0 saturated heterocycles. The summed E-state index contributed by atoms with van der Waals surface area (Å²) in [5.74, 6) is 0.485. The topological polar surface area (TPSA) is 118 Å². The van der Waals surface area contributed by atoms with E-state index >= 15 is 0 Å². The van der Waals surface area contributed by atoms with Crippen LogP contribution >= 0.6 is 12.2 Å². The summed E-state index contributed by atoms with van der Waals surface area (Å²) in [6, 6.07) is 6.37. The molecule has 0 spiro atoms. The molecule has 126 valence electrons. The molecule has 1 aliphatic rings. The molecule has 0 amide bonds. The number of fused-ring (bicyclic) bond motifs is 1. The van der Waals surface area contributed by atoms with E-state index in [1.807, 2.05) is 0 Å². The largest absolute Gasteiger partial charge is 0.282 e. The highest BCUT2D eigenvalue weighted by atomic mass is 32.1. The quantitative estimate of drug-likeness (QED) is 0.323. The first-order valence-corrected chi connectivity index (χ1v) is 8.07. The van der Waals surface area contributed by atoms with Crippen molar-refractivity contribution in [2.75, 3.05) is 0 Å². The monoisotopic (exact) mass is 355 g/mol. The van der Waals surface area contributed by atoms with Crippen LogP contribution < -0.4 is 0 Å². The average Bonchev–Trinajstić information content (AvgIpc) is 3.29. The lowest BCUT2D eigenvalue weighted by molar-refractivity contribution is -0.385. The van der Waals surface area contributed by atoms with E-state index in [-0.39, 0.29) is 5.69 Å². The van der Waals surface area contributed by atoms with Crippen LogP contribution in [0, 0.1) is 14.9 Å². The van der Waals surface area contributed by atoms with Crippen molar-refractivity contribution < 1.29 is 4.92 Å². The first-order chi connectivity index (χ1) is 12.1. The van der Waals surface area contributed by atoms with Gasteiger partial charge in [-0.3, -0.25) is 15.2 Å². The van der Waals surface area contributed by atoms with E-state index in [4.69, 9.17) is 12.2 Å². The summed E-state index contributed by atoms with van der Waals surface area (Å²) in [7, 11) is 0. The lowest BCUT2D eigenvalue weighted by Crippen LogP contribution is -1.99. The second-order valence-electron chi connectivity index (χ2n) is 5.61.